The first kappa shape index (κ1) is 21.5. The molecule has 3 heterocycles. The molecule has 0 saturated carbocycles. The predicted octanol–water partition coefficient (Wildman–Crippen LogP) is 2.89. The van der Waals surface area contributed by atoms with E-state index in [-0.39, 0.29) is 0 Å². The third-order valence-corrected chi connectivity index (χ3v) is 6.06. The summed E-state index contributed by atoms with van der Waals surface area (Å²) in [6.45, 7) is 17.4. The van der Waals surface area contributed by atoms with Crippen LogP contribution in [0.4, 0.5) is 17.2 Å². The molecule has 1 aromatic heterocycles. The van der Waals surface area contributed by atoms with Gasteiger partial charge in [0.05, 0.1) is 11.4 Å². The van der Waals surface area contributed by atoms with Crippen molar-refractivity contribution in [1.29, 1.82) is 0 Å². The molecule has 0 amide bonds. The maximum Gasteiger partial charge on any atom is 0.162 e. The van der Waals surface area contributed by atoms with Crippen molar-refractivity contribution in [2.24, 2.45) is 4.99 Å². The Morgan fingerprint density at radius 1 is 1.19 bits per heavy atom. The minimum atomic E-state index is 0.818. The molecule has 0 unspecified atom stereocenters. The average Bonchev–Trinajstić information content (AvgIpc) is 3.18. The molecule has 0 radical (unpaired) electrons. The number of piperazine rings is 1. The van der Waals surface area contributed by atoms with Crippen molar-refractivity contribution in [2.45, 2.75) is 27.2 Å². The highest BCUT2D eigenvalue weighted by atomic mass is 15.2. The SMILES string of the molecule is C=C(NCCN1CCNCC1)C(C)=Nc1c(C)ncnc1N1CCc2cc(C)ccc21. The second kappa shape index (κ2) is 9.58. The number of anilines is 2. The van der Waals surface area contributed by atoms with Gasteiger partial charge in [-0.3, -0.25) is 4.90 Å². The van der Waals surface area contributed by atoms with Gasteiger partial charge in [0, 0.05) is 57.2 Å². The Balaban J connectivity index is 1.49. The first-order valence-electron chi connectivity index (χ1n) is 11.1. The summed E-state index contributed by atoms with van der Waals surface area (Å²) in [6, 6.07) is 6.61. The van der Waals surface area contributed by atoms with E-state index in [4.69, 9.17) is 4.99 Å². The summed E-state index contributed by atoms with van der Waals surface area (Å²) in [4.78, 5) is 18.7. The Labute approximate surface area is 185 Å². The Bertz CT molecular complexity index is 976. The van der Waals surface area contributed by atoms with E-state index >= 15 is 0 Å². The van der Waals surface area contributed by atoms with Gasteiger partial charge in [0.2, 0.25) is 0 Å². The lowest BCUT2D eigenvalue weighted by Gasteiger charge is -2.27. The zero-order valence-corrected chi connectivity index (χ0v) is 18.9. The highest BCUT2D eigenvalue weighted by Crippen LogP contribution is 2.39. The molecule has 31 heavy (non-hydrogen) atoms. The molecule has 4 rings (SSSR count). The molecule has 7 nitrogen and oxygen atoms in total. The number of aliphatic imine (C=N–C) groups is 1. The minimum absolute atomic E-state index is 0.818. The van der Waals surface area contributed by atoms with Gasteiger partial charge in [0.25, 0.3) is 0 Å². The molecule has 2 aromatic rings. The minimum Gasteiger partial charge on any atom is -0.383 e. The van der Waals surface area contributed by atoms with Gasteiger partial charge in [-0.15, -0.1) is 0 Å². The standard InChI is InChI=1S/C24H33N7/c1-17-5-6-22-21(15-17)7-11-31(22)24-23(20(4)27-16-28-24)29-19(3)18(2)26-10-14-30-12-8-25-9-13-30/h5-6,15-16,25-26H,2,7-14H2,1,3-4H3. The number of aryl methyl sites for hydroxylation is 2. The Morgan fingerprint density at radius 2 is 2.00 bits per heavy atom. The molecule has 0 bridgehead atoms. The summed E-state index contributed by atoms with van der Waals surface area (Å²) in [7, 11) is 0. The van der Waals surface area contributed by atoms with Crippen LogP contribution in [-0.2, 0) is 6.42 Å². The van der Waals surface area contributed by atoms with E-state index in [1.807, 2.05) is 13.8 Å². The van der Waals surface area contributed by atoms with Crippen molar-refractivity contribution in [1.82, 2.24) is 25.5 Å². The lowest BCUT2D eigenvalue weighted by atomic mass is 10.1. The van der Waals surface area contributed by atoms with Crippen LogP contribution in [0, 0.1) is 13.8 Å². The second-order valence-corrected chi connectivity index (χ2v) is 8.36. The van der Waals surface area contributed by atoms with Crippen LogP contribution in [0.5, 0.6) is 0 Å². The topological polar surface area (TPSA) is 68.7 Å². The van der Waals surface area contributed by atoms with E-state index in [1.54, 1.807) is 6.33 Å². The van der Waals surface area contributed by atoms with Crippen LogP contribution in [-0.4, -0.2) is 66.4 Å². The van der Waals surface area contributed by atoms with Gasteiger partial charge < -0.3 is 15.5 Å². The molecule has 0 aliphatic carbocycles. The van der Waals surface area contributed by atoms with Gasteiger partial charge >= 0.3 is 0 Å². The van der Waals surface area contributed by atoms with Gasteiger partial charge in [-0.25, -0.2) is 15.0 Å². The van der Waals surface area contributed by atoms with Crippen LogP contribution in [0.2, 0.25) is 0 Å². The third-order valence-electron chi connectivity index (χ3n) is 6.06. The lowest BCUT2D eigenvalue weighted by molar-refractivity contribution is 0.243. The summed E-state index contributed by atoms with van der Waals surface area (Å²) < 4.78 is 0. The van der Waals surface area contributed by atoms with Gasteiger partial charge in [-0.05, 0) is 38.8 Å². The monoisotopic (exact) mass is 419 g/mol. The zero-order chi connectivity index (χ0) is 21.8. The Kier molecular flexibility index (Phi) is 6.63. The average molecular weight is 420 g/mol. The van der Waals surface area contributed by atoms with Crippen LogP contribution in [0.3, 0.4) is 0 Å². The van der Waals surface area contributed by atoms with E-state index in [0.717, 1.165) is 80.8 Å². The highest BCUT2D eigenvalue weighted by Gasteiger charge is 2.24. The predicted molar refractivity (Wildman–Crippen MR) is 128 cm³/mol. The Hall–Kier alpha value is -2.77. The number of allylic oxidation sites excluding steroid dienone is 1. The van der Waals surface area contributed by atoms with Crippen LogP contribution in [0.1, 0.15) is 23.7 Å². The van der Waals surface area contributed by atoms with Crippen molar-refractivity contribution >= 4 is 22.9 Å². The summed E-state index contributed by atoms with van der Waals surface area (Å²) in [6.07, 6.45) is 2.65. The number of hydrogen-bond donors (Lipinski definition) is 2. The maximum absolute atomic E-state index is 4.92. The van der Waals surface area contributed by atoms with Crippen LogP contribution in [0.15, 0.2) is 41.8 Å². The number of aromatic nitrogens is 2. The van der Waals surface area contributed by atoms with Crippen LogP contribution >= 0.6 is 0 Å². The fourth-order valence-corrected chi connectivity index (χ4v) is 4.20. The largest absolute Gasteiger partial charge is 0.383 e. The summed E-state index contributed by atoms with van der Waals surface area (Å²) in [5.74, 6) is 0.864. The fraction of sp³-hybridized carbons (Fsp3) is 0.458. The van der Waals surface area contributed by atoms with Crippen molar-refractivity contribution < 1.29 is 0 Å². The summed E-state index contributed by atoms with van der Waals surface area (Å²) in [5.41, 5.74) is 7.27. The molecule has 7 heteroatoms. The molecule has 164 valence electrons. The van der Waals surface area contributed by atoms with Crippen LogP contribution < -0.4 is 15.5 Å². The Morgan fingerprint density at radius 3 is 2.81 bits per heavy atom. The molecule has 0 atom stereocenters. The van der Waals surface area contributed by atoms with E-state index in [2.05, 4.69) is 62.1 Å². The highest BCUT2D eigenvalue weighted by molar-refractivity contribution is 5.99. The van der Waals surface area contributed by atoms with Crippen molar-refractivity contribution in [2.75, 3.05) is 50.7 Å². The first-order chi connectivity index (χ1) is 15.0. The number of rotatable bonds is 7. The number of hydrogen-bond acceptors (Lipinski definition) is 7. The maximum atomic E-state index is 4.92. The molecule has 1 saturated heterocycles. The molecular formula is C24H33N7. The number of benzene rings is 1. The van der Waals surface area contributed by atoms with Gasteiger partial charge in [-0.2, -0.15) is 0 Å². The number of nitrogens with one attached hydrogen (secondary N) is 2. The number of nitrogens with zero attached hydrogens (tertiary/aromatic N) is 5. The van der Waals surface area contributed by atoms with Crippen molar-refractivity contribution in [3.8, 4) is 0 Å². The van der Waals surface area contributed by atoms with E-state index in [0.29, 0.717) is 0 Å². The lowest BCUT2D eigenvalue weighted by Crippen LogP contribution is -2.45. The fourth-order valence-electron chi connectivity index (χ4n) is 4.20. The molecule has 0 spiro atoms. The smallest absolute Gasteiger partial charge is 0.162 e. The zero-order valence-electron chi connectivity index (χ0n) is 18.9. The molecular weight excluding hydrogens is 386 g/mol. The third kappa shape index (κ3) is 4.94. The van der Waals surface area contributed by atoms with Crippen molar-refractivity contribution in [3.05, 3.63) is 53.6 Å². The first-order valence-corrected chi connectivity index (χ1v) is 11.1. The van der Waals surface area contributed by atoms with Crippen molar-refractivity contribution in [3.63, 3.8) is 0 Å². The van der Waals surface area contributed by atoms with Crippen LogP contribution in [0.25, 0.3) is 0 Å². The summed E-state index contributed by atoms with van der Waals surface area (Å²) in [5, 5.41) is 6.83. The molecule has 2 N–H and O–H groups in total. The van der Waals surface area contributed by atoms with E-state index in [1.165, 1.54) is 16.8 Å². The van der Waals surface area contributed by atoms with E-state index in [9.17, 15) is 0 Å². The second-order valence-electron chi connectivity index (χ2n) is 8.36. The molecule has 1 aromatic carbocycles. The van der Waals surface area contributed by atoms with Gasteiger partial charge in [-0.1, -0.05) is 24.3 Å². The molecule has 2 aliphatic rings. The van der Waals surface area contributed by atoms with Gasteiger partial charge in [0.15, 0.2) is 5.82 Å². The number of fused-ring (bicyclic) bond motifs is 1. The molecule has 1 fully saturated rings. The normalized spacial score (nSPS) is 17.0. The van der Waals surface area contributed by atoms with Gasteiger partial charge in [0.1, 0.15) is 12.0 Å². The quantitative estimate of drug-likeness (QED) is 0.673. The molecule has 2 aliphatic heterocycles. The summed E-state index contributed by atoms with van der Waals surface area (Å²) >= 11 is 0. The van der Waals surface area contributed by atoms with E-state index < -0.39 is 0 Å².